The Balaban J connectivity index is 0.672. The van der Waals surface area contributed by atoms with Gasteiger partial charge in [0.15, 0.2) is 45.9 Å². The summed E-state index contributed by atoms with van der Waals surface area (Å²) >= 11 is 5.01. The van der Waals surface area contributed by atoms with Crippen molar-refractivity contribution in [2.75, 3.05) is 37.5 Å². The van der Waals surface area contributed by atoms with Crippen molar-refractivity contribution >= 4 is 67.7 Å². The van der Waals surface area contributed by atoms with Crippen molar-refractivity contribution in [2.45, 2.75) is 199 Å². The summed E-state index contributed by atoms with van der Waals surface area (Å²) in [7, 11) is 0. The predicted octanol–water partition coefficient (Wildman–Crippen LogP) is 11.0. The fourth-order valence-electron chi connectivity index (χ4n) is 15.9. The lowest BCUT2D eigenvalue weighted by Gasteiger charge is -2.39. The second kappa shape index (κ2) is 19.2. The summed E-state index contributed by atoms with van der Waals surface area (Å²) < 4.78 is 17.0. The van der Waals surface area contributed by atoms with Crippen molar-refractivity contribution in [2.24, 2.45) is 5.92 Å². The van der Waals surface area contributed by atoms with Gasteiger partial charge >= 0.3 is 0 Å². The Morgan fingerprint density at radius 1 is 0.731 bits per heavy atom. The number of hydrogen-bond acceptors (Lipinski definition) is 18. The Labute approximate surface area is 466 Å². The highest BCUT2D eigenvalue weighted by molar-refractivity contribution is 7.99. The highest BCUT2D eigenvalue weighted by Gasteiger charge is 2.52. The molecule has 2 aliphatic heterocycles. The zero-order valence-electron chi connectivity index (χ0n) is 45.2. The molecule has 17 nitrogen and oxygen atoms in total. The number of fused-ring (bicyclic) bond motifs is 8. The van der Waals surface area contributed by atoms with Gasteiger partial charge in [-0.15, -0.1) is 34.9 Å². The standard InChI is InChI=1S/C58H68N14O3S3/c1-31(40-14-10-24-69(40)34-18-19-34)71-52-38(29-61-71)55(76-3)66-51(64-52)47-36-13-8-22-58(49(36)75-68-47)23-9-16-43-45(58)37(27-59)54(78-43)60-28-33-26-42(33)70-25-11-15-41(70)32(2)72-53-39(30-62-72)56(77-4)65-50(63-53)46-35-12-7-21-57(48(35)74-67-46)20-6-5-17-44(57)73/h29-34,40-42,60H,5-26,28H2,1-4H3/t31-,32-,33?,40-,41-,42?,57+,58-/m0/s1. The van der Waals surface area contributed by atoms with E-state index in [-0.39, 0.29) is 12.1 Å². The van der Waals surface area contributed by atoms with Crippen LogP contribution in [0.4, 0.5) is 5.00 Å². The van der Waals surface area contributed by atoms with Crippen LogP contribution in [-0.4, -0.2) is 122 Å². The summed E-state index contributed by atoms with van der Waals surface area (Å²) in [6, 6.07) is 4.91. The molecule has 7 aromatic heterocycles. The van der Waals surface area contributed by atoms with Crippen LogP contribution in [0.5, 0.6) is 0 Å². The van der Waals surface area contributed by atoms with Crippen LogP contribution in [0.15, 0.2) is 31.5 Å². The van der Waals surface area contributed by atoms with E-state index < -0.39 is 10.8 Å². The molecule has 2 saturated heterocycles. The Morgan fingerprint density at radius 3 is 1.91 bits per heavy atom. The first-order valence-corrected chi connectivity index (χ1v) is 32.4. The number of thioether (sulfide) groups is 2. The van der Waals surface area contributed by atoms with Gasteiger partial charge in [0.2, 0.25) is 0 Å². The molecule has 0 aromatic carbocycles. The monoisotopic (exact) mass is 1100 g/mol. The third-order valence-electron chi connectivity index (χ3n) is 19.9. The summed E-state index contributed by atoms with van der Waals surface area (Å²) in [5.41, 5.74) is 6.15. The minimum Gasteiger partial charge on any atom is -0.375 e. The molecule has 15 rings (SSSR count). The molecule has 2 unspecified atom stereocenters. The van der Waals surface area contributed by atoms with E-state index in [9.17, 15) is 10.1 Å². The van der Waals surface area contributed by atoms with Crippen molar-refractivity contribution in [1.29, 1.82) is 5.26 Å². The summed E-state index contributed by atoms with van der Waals surface area (Å²) in [5, 5.41) is 39.2. The third kappa shape index (κ3) is 7.69. The molecule has 78 heavy (non-hydrogen) atoms. The quantitative estimate of drug-likeness (QED) is 0.0844. The maximum absolute atomic E-state index is 13.5. The molecular weight excluding hydrogens is 1040 g/mol. The second-order valence-electron chi connectivity index (χ2n) is 24.1. The van der Waals surface area contributed by atoms with Crippen LogP contribution in [0.25, 0.3) is 45.1 Å². The molecule has 8 aliphatic rings. The minimum absolute atomic E-state index is 0.0716. The van der Waals surface area contributed by atoms with E-state index >= 15 is 0 Å². The Kier molecular flexibility index (Phi) is 12.3. The number of carbonyl (C=O) groups is 1. The van der Waals surface area contributed by atoms with Crippen LogP contribution in [0.2, 0.25) is 0 Å². The highest BCUT2D eigenvalue weighted by Crippen LogP contribution is 2.56. The number of thiophene rings is 1. The summed E-state index contributed by atoms with van der Waals surface area (Å²) in [6.07, 6.45) is 28.0. The molecular formula is C58H68N14O3S3. The van der Waals surface area contributed by atoms with Gasteiger partial charge in [0, 0.05) is 53.1 Å². The molecule has 0 radical (unpaired) electrons. The molecule has 6 aliphatic carbocycles. The molecule has 0 amide bonds. The van der Waals surface area contributed by atoms with Gasteiger partial charge in [-0.25, -0.2) is 29.3 Å². The number of carbonyl (C=O) groups excluding carboxylic acids is 1. The first kappa shape index (κ1) is 49.8. The van der Waals surface area contributed by atoms with Crippen molar-refractivity contribution in [3.63, 3.8) is 0 Å². The first-order valence-electron chi connectivity index (χ1n) is 29.1. The van der Waals surface area contributed by atoms with Crippen LogP contribution in [0.1, 0.15) is 174 Å². The molecule has 1 N–H and O–H groups in total. The van der Waals surface area contributed by atoms with E-state index in [4.69, 9.17) is 44.3 Å². The average Bonchev–Trinajstić information content (AvgIpc) is 4.16. The lowest BCUT2D eigenvalue weighted by atomic mass is 9.63. The van der Waals surface area contributed by atoms with Gasteiger partial charge in [-0.1, -0.05) is 16.7 Å². The van der Waals surface area contributed by atoms with Crippen LogP contribution in [0.3, 0.4) is 0 Å². The van der Waals surface area contributed by atoms with Crippen molar-refractivity contribution in [3.8, 4) is 29.1 Å². The zero-order valence-corrected chi connectivity index (χ0v) is 47.7. The number of ketones is 1. The maximum Gasteiger partial charge on any atom is 0.185 e. The molecule has 7 aromatic rings. The average molecular weight is 1110 g/mol. The van der Waals surface area contributed by atoms with Crippen LogP contribution < -0.4 is 5.32 Å². The van der Waals surface area contributed by atoms with Crippen molar-refractivity contribution in [3.05, 3.63) is 51.0 Å². The molecule has 5 fully saturated rings. The van der Waals surface area contributed by atoms with Gasteiger partial charge < -0.3 is 14.4 Å². The van der Waals surface area contributed by atoms with Crippen molar-refractivity contribution in [1.82, 2.24) is 59.6 Å². The maximum atomic E-state index is 13.5. The topological polar surface area (TPSA) is 199 Å². The first-order chi connectivity index (χ1) is 38.2. The predicted molar refractivity (Wildman–Crippen MR) is 301 cm³/mol. The van der Waals surface area contributed by atoms with Gasteiger partial charge in [-0.05, 0) is 167 Å². The van der Waals surface area contributed by atoms with E-state index in [1.54, 1.807) is 34.9 Å². The number of aromatic nitrogens is 10. The molecule has 2 spiro atoms. The molecule has 9 heterocycles. The minimum atomic E-state index is -0.556. The number of nitriles is 1. The molecule has 20 heteroatoms. The van der Waals surface area contributed by atoms with Gasteiger partial charge in [0.1, 0.15) is 26.9 Å². The fourth-order valence-corrected chi connectivity index (χ4v) is 18.3. The summed E-state index contributed by atoms with van der Waals surface area (Å²) in [5.74, 6) is 3.59. The Hall–Kier alpha value is -5.20. The normalized spacial score (nSPS) is 27.9. The van der Waals surface area contributed by atoms with Gasteiger partial charge in [0.25, 0.3) is 0 Å². The smallest absolute Gasteiger partial charge is 0.185 e. The van der Waals surface area contributed by atoms with Crippen LogP contribution in [0, 0.1) is 17.2 Å². The third-order valence-corrected chi connectivity index (χ3v) is 22.5. The Morgan fingerprint density at radius 2 is 1.31 bits per heavy atom. The number of likely N-dealkylation sites (tertiary alicyclic amines) is 2. The molecule has 406 valence electrons. The molecule has 3 saturated carbocycles. The molecule has 0 bridgehead atoms. The number of Topliss-reactive ketones (excluding diaryl/α,β-unsaturated/α-hetero) is 1. The van der Waals surface area contributed by atoms with E-state index in [2.05, 4.69) is 62.1 Å². The summed E-state index contributed by atoms with van der Waals surface area (Å²) in [4.78, 5) is 41.0. The zero-order chi connectivity index (χ0) is 52.6. The van der Waals surface area contributed by atoms with E-state index in [0.717, 1.165) is 192 Å². The lowest BCUT2D eigenvalue weighted by Crippen LogP contribution is -2.41. The van der Waals surface area contributed by atoms with Crippen LogP contribution in [-0.2, 0) is 34.9 Å². The largest absolute Gasteiger partial charge is 0.375 e. The SMILES string of the molecule is CSc1nc(-c2noc3c2CCC[C@@]32CCCc3sc(NCC4CC4N4CCC[C@H]4[C@H](C)n4ncc5c(SC)nc(-c6noc7c6CCC[C@@]76CCCCC6=O)nc54)c(C#N)c32)nc2c1cnn2[C@@H](C)[C@@H]1CCCN1C1CC1. The van der Waals surface area contributed by atoms with E-state index in [1.807, 2.05) is 12.4 Å². The number of anilines is 1. The van der Waals surface area contributed by atoms with Gasteiger partial charge in [0.05, 0.1) is 51.6 Å². The van der Waals surface area contributed by atoms with Gasteiger partial charge in [-0.2, -0.15) is 15.5 Å². The number of nitrogens with one attached hydrogen (secondary N) is 1. The van der Waals surface area contributed by atoms with E-state index in [1.165, 1.54) is 37.1 Å². The lowest BCUT2D eigenvalue weighted by molar-refractivity contribution is -0.128. The number of rotatable bonds is 13. The number of hydrogen-bond donors (Lipinski definition) is 1. The fraction of sp³-hybridized carbons (Fsp3) is 0.621. The van der Waals surface area contributed by atoms with E-state index in [0.29, 0.717) is 53.6 Å². The van der Waals surface area contributed by atoms with Gasteiger partial charge in [-0.3, -0.25) is 14.6 Å². The second-order valence-corrected chi connectivity index (χ2v) is 26.8. The highest BCUT2D eigenvalue weighted by atomic mass is 32.2. The summed E-state index contributed by atoms with van der Waals surface area (Å²) in [6.45, 7) is 7.65. The Bertz CT molecular complexity index is 3560. The number of nitrogens with zero attached hydrogens (tertiary/aromatic N) is 13. The van der Waals surface area contributed by atoms with Crippen LogP contribution >= 0.6 is 34.9 Å². The van der Waals surface area contributed by atoms with Crippen molar-refractivity contribution < 1.29 is 13.8 Å². The molecule has 8 atom stereocenters. The number of aryl methyl sites for hydroxylation is 1.